The third-order valence-electron chi connectivity index (χ3n) is 3.71. The lowest BCUT2D eigenvalue weighted by Crippen LogP contribution is -2.22. The number of hydrogen-bond donors (Lipinski definition) is 1. The van der Waals surface area contributed by atoms with Crippen LogP contribution in [0.3, 0.4) is 0 Å². The molecule has 0 bridgehead atoms. The molecule has 3 aromatic carbocycles. The van der Waals surface area contributed by atoms with E-state index in [4.69, 9.17) is 9.47 Å². The van der Waals surface area contributed by atoms with E-state index >= 15 is 0 Å². The molecule has 0 aromatic heterocycles. The van der Waals surface area contributed by atoms with Crippen LogP contribution in [0, 0.1) is 0 Å². The van der Waals surface area contributed by atoms with Crippen molar-refractivity contribution < 1.29 is 14.3 Å². The average Bonchev–Trinajstić information content (AvgIpc) is 2.68. The first-order chi connectivity index (χ1) is 12.2. The van der Waals surface area contributed by atoms with Crippen molar-refractivity contribution in [2.75, 3.05) is 7.11 Å². The van der Waals surface area contributed by atoms with Crippen LogP contribution in [-0.2, 0) is 6.54 Å². The Bertz CT molecular complexity index is 812. The molecule has 0 radical (unpaired) electrons. The number of ether oxygens (including phenoxy) is 2. The van der Waals surface area contributed by atoms with E-state index in [1.54, 1.807) is 31.4 Å². The zero-order valence-electron chi connectivity index (χ0n) is 13.9. The van der Waals surface area contributed by atoms with Crippen molar-refractivity contribution in [1.29, 1.82) is 0 Å². The summed E-state index contributed by atoms with van der Waals surface area (Å²) in [5, 5.41) is 2.90. The molecule has 0 unspecified atom stereocenters. The molecule has 0 saturated carbocycles. The Morgan fingerprint density at radius 2 is 1.40 bits per heavy atom. The van der Waals surface area contributed by atoms with Crippen molar-refractivity contribution in [3.05, 3.63) is 90.0 Å². The first kappa shape index (κ1) is 16.6. The zero-order chi connectivity index (χ0) is 17.5. The summed E-state index contributed by atoms with van der Waals surface area (Å²) < 4.78 is 10.8. The molecule has 0 saturated heterocycles. The average molecular weight is 333 g/mol. The summed E-state index contributed by atoms with van der Waals surface area (Å²) in [5.74, 6) is 2.16. The van der Waals surface area contributed by atoms with Gasteiger partial charge in [-0.1, -0.05) is 30.3 Å². The molecule has 0 fully saturated rings. The SMILES string of the molecule is COc1ccc(C(=O)NCc2ccc(Oc3ccccc3)cc2)cc1. The van der Waals surface area contributed by atoms with Crippen LogP contribution in [-0.4, -0.2) is 13.0 Å². The van der Waals surface area contributed by atoms with Gasteiger partial charge in [-0.25, -0.2) is 0 Å². The van der Waals surface area contributed by atoms with Gasteiger partial charge in [0.1, 0.15) is 17.2 Å². The standard InChI is InChI=1S/C21H19NO3/c1-24-18-13-9-17(10-14-18)21(23)22-15-16-7-11-20(12-8-16)25-19-5-3-2-4-6-19/h2-14H,15H2,1H3,(H,22,23). The summed E-state index contributed by atoms with van der Waals surface area (Å²) >= 11 is 0. The van der Waals surface area contributed by atoms with E-state index in [2.05, 4.69) is 5.32 Å². The normalized spacial score (nSPS) is 10.1. The van der Waals surface area contributed by atoms with Crippen molar-refractivity contribution >= 4 is 5.91 Å². The van der Waals surface area contributed by atoms with Crippen LogP contribution in [0.1, 0.15) is 15.9 Å². The van der Waals surface area contributed by atoms with Gasteiger partial charge in [-0.05, 0) is 54.1 Å². The highest BCUT2D eigenvalue weighted by molar-refractivity contribution is 5.94. The number of carbonyl (C=O) groups excluding carboxylic acids is 1. The Morgan fingerprint density at radius 3 is 2.04 bits per heavy atom. The first-order valence-corrected chi connectivity index (χ1v) is 7.99. The number of benzene rings is 3. The predicted octanol–water partition coefficient (Wildman–Crippen LogP) is 4.42. The smallest absolute Gasteiger partial charge is 0.251 e. The second-order valence-electron chi connectivity index (χ2n) is 5.47. The molecule has 0 heterocycles. The van der Waals surface area contributed by atoms with E-state index in [0.717, 1.165) is 22.8 Å². The Balaban J connectivity index is 1.55. The molecule has 1 N–H and O–H groups in total. The van der Waals surface area contributed by atoms with Crippen LogP contribution < -0.4 is 14.8 Å². The van der Waals surface area contributed by atoms with Gasteiger partial charge < -0.3 is 14.8 Å². The highest BCUT2D eigenvalue weighted by Gasteiger charge is 2.05. The predicted molar refractivity (Wildman–Crippen MR) is 97.1 cm³/mol. The molecular formula is C21H19NO3. The fraction of sp³-hybridized carbons (Fsp3) is 0.0952. The van der Waals surface area contributed by atoms with E-state index in [1.807, 2.05) is 54.6 Å². The van der Waals surface area contributed by atoms with Gasteiger partial charge in [-0.2, -0.15) is 0 Å². The second kappa shape index (κ2) is 8.02. The minimum Gasteiger partial charge on any atom is -0.497 e. The van der Waals surface area contributed by atoms with Crippen molar-refractivity contribution in [1.82, 2.24) is 5.32 Å². The third-order valence-corrected chi connectivity index (χ3v) is 3.71. The molecule has 1 amide bonds. The van der Waals surface area contributed by atoms with Gasteiger partial charge in [0.05, 0.1) is 7.11 Å². The fourth-order valence-electron chi connectivity index (χ4n) is 2.33. The Morgan fingerprint density at radius 1 is 0.800 bits per heavy atom. The van der Waals surface area contributed by atoms with Crippen molar-refractivity contribution in [2.45, 2.75) is 6.54 Å². The maximum atomic E-state index is 12.1. The lowest BCUT2D eigenvalue weighted by Gasteiger charge is -2.08. The minimum absolute atomic E-state index is 0.118. The highest BCUT2D eigenvalue weighted by atomic mass is 16.5. The van der Waals surface area contributed by atoms with Crippen LogP contribution in [0.2, 0.25) is 0 Å². The highest BCUT2D eigenvalue weighted by Crippen LogP contribution is 2.21. The van der Waals surface area contributed by atoms with Gasteiger partial charge in [0, 0.05) is 12.1 Å². The molecule has 0 spiro atoms. The number of carbonyl (C=O) groups is 1. The van der Waals surface area contributed by atoms with Gasteiger partial charge in [0.2, 0.25) is 0 Å². The van der Waals surface area contributed by atoms with Crippen LogP contribution >= 0.6 is 0 Å². The summed E-state index contributed by atoms with van der Waals surface area (Å²) in [6, 6.07) is 24.3. The maximum absolute atomic E-state index is 12.1. The third kappa shape index (κ3) is 4.61. The molecule has 0 atom stereocenters. The van der Waals surface area contributed by atoms with Crippen LogP contribution in [0.25, 0.3) is 0 Å². The molecule has 4 heteroatoms. The topological polar surface area (TPSA) is 47.6 Å². The van der Waals surface area contributed by atoms with Crippen LogP contribution in [0.5, 0.6) is 17.2 Å². The van der Waals surface area contributed by atoms with Gasteiger partial charge in [-0.15, -0.1) is 0 Å². The summed E-state index contributed by atoms with van der Waals surface area (Å²) in [6.45, 7) is 0.455. The van der Waals surface area contributed by atoms with Gasteiger partial charge in [-0.3, -0.25) is 4.79 Å². The van der Waals surface area contributed by atoms with E-state index in [9.17, 15) is 4.79 Å². The quantitative estimate of drug-likeness (QED) is 0.726. The summed E-state index contributed by atoms with van der Waals surface area (Å²) in [4.78, 5) is 12.1. The number of rotatable bonds is 6. The molecule has 25 heavy (non-hydrogen) atoms. The number of hydrogen-bond acceptors (Lipinski definition) is 3. The number of methoxy groups -OCH3 is 1. The molecule has 126 valence electrons. The second-order valence-corrected chi connectivity index (χ2v) is 5.47. The van der Waals surface area contributed by atoms with Crippen LogP contribution in [0.15, 0.2) is 78.9 Å². The molecular weight excluding hydrogens is 314 g/mol. The Hall–Kier alpha value is -3.27. The summed E-state index contributed by atoms with van der Waals surface area (Å²) in [5.41, 5.74) is 1.60. The summed E-state index contributed by atoms with van der Waals surface area (Å²) in [7, 11) is 1.60. The number of para-hydroxylation sites is 1. The number of amides is 1. The zero-order valence-corrected chi connectivity index (χ0v) is 13.9. The van der Waals surface area contributed by atoms with Gasteiger partial charge in [0.25, 0.3) is 5.91 Å². The van der Waals surface area contributed by atoms with Crippen molar-refractivity contribution in [3.63, 3.8) is 0 Å². The largest absolute Gasteiger partial charge is 0.497 e. The summed E-state index contributed by atoms with van der Waals surface area (Å²) in [6.07, 6.45) is 0. The molecule has 4 nitrogen and oxygen atoms in total. The van der Waals surface area contributed by atoms with Gasteiger partial charge in [0.15, 0.2) is 0 Å². The fourth-order valence-corrected chi connectivity index (χ4v) is 2.33. The maximum Gasteiger partial charge on any atom is 0.251 e. The van der Waals surface area contributed by atoms with Crippen molar-refractivity contribution in [2.24, 2.45) is 0 Å². The molecule has 0 aliphatic rings. The Kier molecular flexibility index (Phi) is 5.32. The first-order valence-electron chi connectivity index (χ1n) is 7.99. The molecule has 0 aliphatic heterocycles. The lowest BCUT2D eigenvalue weighted by atomic mass is 10.2. The van der Waals surface area contributed by atoms with E-state index in [1.165, 1.54) is 0 Å². The Labute approximate surface area is 147 Å². The number of nitrogens with one attached hydrogen (secondary N) is 1. The van der Waals surface area contributed by atoms with Crippen LogP contribution in [0.4, 0.5) is 0 Å². The lowest BCUT2D eigenvalue weighted by molar-refractivity contribution is 0.0951. The van der Waals surface area contributed by atoms with E-state index < -0.39 is 0 Å². The monoisotopic (exact) mass is 333 g/mol. The molecule has 0 aliphatic carbocycles. The van der Waals surface area contributed by atoms with Gasteiger partial charge >= 0.3 is 0 Å². The molecule has 3 aromatic rings. The van der Waals surface area contributed by atoms with Crippen molar-refractivity contribution in [3.8, 4) is 17.2 Å². The minimum atomic E-state index is -0.118. The van der Waals surface area contributed by atoms with E-state index in [-0.39, 0.29) is 5.91 Å². The van der Waals surface area contributed by atoms with E-state index in [0.29, 0.717) is 12.1 Å². The molecule has 3 rings (SSSR count).